The number of fused-ring (bicyclic) bond motifs is 1. The summed E-state index contributed by atoms with van der Waals surface area (Å²) in [6.45, 7) is 11.8. The molecule has 0 spiro atoms. The van der Waals surface area contributed by atoms with Crippen molar-refractivity contribution in [1.29, 1.82) is 0 Å². The highest BCUT2D eigenvalue weighted by Gasteiger charge is 2.37. The van der Waals surface area contributed by atoms with Gasteiger partial charge in [-0.2, -0.15) is 0 Å². The molecule has 250 valence electrons. The average Bonchev–Trinajstić information content (AvgIpc) is 3.17. The number of aryl methyl sites for hydroxylation is 1. The first-order valence-corrected chi connectivity index (χ1v) is 18.0. The average molecular weight is 662 g/mol. The number of nitrogens with zero attached hydrogens (tertiary/aromatic N) is 3. The van der Waals surface area contributed by atoms with E-state index in [0.29, 0.717) is 17.5 Å². The van der Waals surface area contributed by atoms with Crippen molar-refractivity contribution >= 4 is 0 Å². The van der Waals surface area contributed by atoms with Crippen LogP contribution in [-0.4, -0.2) is 15.0 Å². The number of hydrogen-bond acceptors (Lipinski definition) is 3. The molecular formula is C48H43N3. The molecule has 3 heteroatoms. The number of hydrogen-bond donors (Lipinski definition) is 0. The second-order valence-corrected chi connectivity index (χ2v) is 15.3. The molecule has 0 saturated heterocycles. The third-order valence-electron chi connectivity index (χ3n) is 10.8. The topological polar surface area (TPSA) is 38.7 Å². The Morgan fingerprint density at radius 1 is 0.373 bits per heavy atom. The van der Waals surface area contributed by atoms with Gasteiger partial charge in [-0.1, -0.05) is 173 Å². The van der Waals surface area contributed by atoms with Gasteiger partial charge >= 0.3 is 0 Å². The Bertz CT molecular complexity index is 2220. The van der Waals surface area contributed by atoms with Crippen molar-refractivity contribution in [2.45, 2.75) is 58.3 Å². The second kappa shape index (κ2) is 12.9. The molecule has 0 saturated carbocycles. The fourth-order valence-corrected chi connectivity index (χ4v) is 7.48. The van der Waals surface area contributed by atoms with Crippen molar-refractivity contribution in [1.82, 2.24) is 15.0 Å². The molecule has 0 fully saturated rings. The van der Waals surface area contributed by atoms with Gasteiger partial charge in [-0.3, -0.25) is 0 Å². The first-order valence-electron chi connectivity index (χ1n) is 18.0. The first kappa shape index (κ1) is 32.5. The highest BCUT2D eigenvalue weighted by atomic mass is 15.0. The monoisotopic (exact) mass is 661 g/mol. The lowest BCUT2D eigenvalue weighted by Gasteiger charge is -2.42. The van der Waals surface area contributed by atoms with E-state index in [4.69, 9.17) is 15.0 Å². The lowest BCUT2D eigenvalue weighted by atomic mass is 9.62. The summed E-state index contributed by atoms with van der Waals surface area (Å²) in [7, 11) is 0. The smallest absolute Gasteiger partial charge is 0.164 e. The predicted molar refractivity (Wildman–Crippen MR) is 212 cm³/mol. The predicted octanol–water partition coefficient (Wildman–Crippen LogP) is 12.5. The molecule has 51 heavy (non-hydrogen) atoms. The van der Waals surface area contributed by atoms with E-state index in [9.17, 15) is 0 Å². The lowest BCUT2D eigenvalue weighted by Crippen LogP contribution is -2.34. The van der Waals surface area contributed by atoms with Crippen LogP contribution in [0.15, 0.2) is 146 Å². The van der Waals surface area contributed by atoms with Crippen LogP contribution in [0, 0.1) is 6.92 Å². The highest BCUT2D eigenvalue weighted by Crippen LogP contribution is 2.47. The molecule has 3 nitrogen and oxygen atoms in total. The van der Waals surface area contributed by atoms with Crippen LogP contribution in [0.25, 0.3) is 67.5 Å². The van der Waals surface area contributed by atoms with Gasteiger partial charge in [0.25, 0.3) is 0 Å². The standard InChI is InChI=1S/C48H43N3/c1-32-30-42-43(48(4,5)29-28-47(42,2)3)31-41(32)37-20-26-40(27-21-37)46-50-44(38-22-16-35(17-23-38)33-12-8-6-9-13-33)49-45(51-46)39-24-18-36(19-25-39)34-14-10-7-11-15-34/h6-27,30-31H,28-29H2,1-5H3. The second-order valence-electron chi connectivity index (χ2n) is 15.3. The van der Waals surface area contributed by atoms with E-state index < -0.39 is 0 Å². The zero-order valence-corrected chi connectivity index (χ0v) is 30.1. The van der Waals surface area contributed by atoms with Crippen LogP contribution in [-0.2, 0) is 10.8 Å². The van der Waals surface area contributed by atoms with Gasteiger partial charge in [0, 0.05) is 16.7 Å². The van der Waals surface area contributed by atoms with Crippen molar-refractivity contribution in [2.75, 3.05) is 0 Å². The molecule has 1 heterocycles. The highest BCUT2D eigenvalue weighted by molar-refractivity contribution is 5.75. The van der Waals surface area contributed by atoms with E-state index in [1.807, 2.05) is 12.1 Å². The van der Waals surface area contributed by atoms with E-state index in [0.717, 1.165) is 27.8 Å². The molecule has 0 N–H and O–H groups in total. The zero-order valence-electron chi connectivity index (χ0n) is 30.1. The number of rotatable bonds is 6. The quantitative estimate of drug-likeness (QED) is 0.178. The third kappa shape index (κ3) is 6.41. The molecule has 0 aliphatic heterocycles. The van der Waals surface area contributed by atoms with E-state index in [1.54, 1.807) is 0 Å². The Labute approximate surface area is 302 Å². The van der Waals surface area contributed by atoms with Crippen LogP contribution in [0.4, 0.5) is 0 Å². The molecule has 0 unspecified atom stereocenters. The molecular weight excluding hydrogens is 619 g/mol. The Balaban J connectivity index is 1.18. The van der Waals surface area contributed by atoms with E-state index in [-0.39, 0.29) is 10.8 Å². The van der Waals surface area contributed by atoms with Gasteiger partial charge in [0.05, 0.1) is 0 Å². The van der Waals surface area contributed by atoms with Crippen LogP contribution in [0.1, 0.15) is 57.2 Å². The van der Waals surface area contributed by atoms with Crippen LogP contribution in [0.5, 0.6) is 0 Å². The number of aromatic nitrogens is 3. The molecule has 0 bridgehead atoms. The minimum atomic E-state index is 0.156. The summed E-state index contributed by atoms with van der Waals surface area (Å²) in [6.07, 6.45) is 2.41. The van der Waals surface area contributed by atoms with Crippen molar-refractivity contribution in [3.8, 4) is 67.5 Å². The van der Waals surface area contributed by atoms with Crippen LogP contribution in [0.2, 0.25) is 0 Å². The van der Waals surface area contributed by atoms with Crippen molar-refractivity contribution in [3.05, 3.63) is 162 Å². The van der Waals surface area contributed by atoms with Crippen molar-refractivity contribution < 1.29 is 0 Å². The summed E-state index contributed by atoms with van der Waals surface area (Å²) >= 11 is 0. The van der Waals surface area contributed by atoms with Crippen LogP contribution < -0.4 is 0 Å². The van der Waals surface area contributed by atoms with Crippen LogP contribution >= 0.6 is 0 Å². The van der Waals surface area contributed by atoms with Crippen molar-refractivity contribution in [2.24, 2.45) is 0 Å². The Morgan fingerprint density at radius 3 is 1.08 bits per heavy atom. The molecule has 0 radical (unpaired) electrons. The first-order chi connectivity index (χ1) is 24.6. The minimum absolute atomic E-state index is 0.156. The third-order valence-corrected chi connectivity index (χ3v) is 10.8. The van der Waals surface area contributed by atoms with E-state index >= 15 is 0 Å². The van der Waals surface area contributed by atoms with E-state index in [1.165, 1.54) is 51.8 Å². The maximum Gasteiger partial charge on any atom is 0.164 e. The molecule has 6 aromatic carbocycles. The maximum absolute atomic E-state index is 5.06. The van der Waals surface area contributed by atoms with Crippen molar-refractivity contribution in [3.63, 3.8) is 0 Å². The Morgan fingerprint density at radius 2 is 0.686 bits per heavy atom. The fourth-order valence-electron chi connectivity index (χ4n) is 7.48. The Hall–Kier alpha value is -5.67. The summed E-state index contributed by atoms with van der Waals surface area (Å²) in [5.41, 5.74) is 14.7. The lowest BCUT2D eigenvalue weighted by molar-refractivity contribution is 0.332. The Kier molecular flexibility index (Phi) is 8.23. The molecule has 1 aliphatic rings. The summed E-state index contributed by atoms with van der Waals surface area (Å²) in [4.78, 5) is 15.1. The largest absolute Gasteiger partial charge is 0.208 e. The fraction of sp³-hybridized carbons (Fsp3) is 0.188. The van der Waals surface area contributed by atoms with Crippen LogP contribution in [0.3, 0.4) is 0 Å². The van der Waals surface area contributed by atoms with Gasteiger partial charge in [-0.25, -0.2) is 15.0 Å². The molecule has 7 aromatic rings. The minimum Gasteiger partial charge on any atom is -0.208 e. The SMILES string of the molecule is Cc1cc2c(cc1-c1ccc(-c3nc(-c4ccc(-c5ccccc5)cc4)nc(-c4ccc(-c5ccccc5)cc4)n3)cc1)C(C)(C)CCC2(C)C. The van der Waals surface area contributed by atoms with Gasteiger partial charge < -0.3 is 0 Å². The number of benzene rings is 6. The molecule has 1 aliphatic carbocycles. The van der Waals surface area contributed by atoms with Gasteiger partial charge in [0.15, 0.2) is 17.5 Å². The molecule has 0 atom stereocenters. The molecule has 8 rings (SSSR count). The summed E-state index contributed by atoms with van der Waals surface area (Å²) < 4.78 is 0. The summed E-state index contributed by atoms with van der Waals surface area (Å²) in [5.74, 6) is 1.97. The maximum atomic E-state index is 5.06. The summed E-state index contributed by atoms with van der Waals surface area (Å²) in [6, 6.07) is 51.5. The van der Waals surface area contributed by atoms with E-state index in [2.05, 4.69) is 168 Å². The van der Waals surface area contributed by atoms with Gasteiger partial charge in [0.1, 0.15) is 0 Å². The van der Waals surface area contributed by atoms with Gasteiger partial charge in [0.2, 0.25) is 0 Å². The zero-order chi connectivity index (χ0) is 35.2. The van der Waals surface area contributed by atoms with Gasteiger partial charge in [-0.05, 0) is 80.7 Å². The normalized spacial score (nSPS) is 14.5. The summed E-state index contributed by atoms with van der Waals surface area (Å²) in [5, 5.41) is 0. The molecule has 1 aromatic heterocycles. The molecule has 0 amide bonds. The van der Waals surface area contributed by atoms with Gasteiger partial charge in [-0.15, -0.1) is 0 Å².